The van der Waals surface area contributed by atoms with Gasteiger partial charge in [-0.25, -0.2) is 10.2 Å². The van der Waals surface area contributed by atoms with E-state index in [-0.39, 0.29) is 17.9 Å². The van der Waals surface area contributed by atoms with Gasteiger partial charge in [-0.2, -0.15) is 8.78 Å². The van der Waals surface area contributed by atoms with Crippen molar-refractivity contribution in [1.82, 2.24) is 10.9 Å². The molecule has 2 amide bonds. The van der Waals surface area contributed by atoms with E-state index in [2.05, 4.69) is 9.47 Å². The molecule has 0 atom stereocenters. The van der Waals surface area contributed by atoms with Crippen LogP contribution >= 0.6 is 0 Å². The summed E-state index contributed by atoms with van der Waals surface area (Å²) >= 11 is 0. The fourth-order valence-electron chi connectivity index (χ4n) is 1.20. The largest absolute Gasteiger partial charge is 0.449 e. The zero-order valence-corrected chi connectivity index (χ0v) is 9.98. The van der Waals surface area contributed by atoms with Gasteiger partial charge >= 0.3 is 12.7 Å². The number of halogens is 2. The third-order valence-electron chi connectivity index (χ3n) is 1.90. The maximum Gasteiger partial charge on any atom is 0.426 e. The number of hydrazine groups is 1. The molecule has 8 heteroatoms. The predicted octanol–water partition coefficient (Wildman–Crippen LogP) is 1.68. The van der Waals surface area contributed by atoms with E-state index in [0.29, 0.717) is 0 Å². The second-order valence-corrected chi connectivity index (χ2v) is 3.17. The Morgan fingerprint density at radius 1 is 1.26 bits per heavy atom. The van der Waals surface area contributed by atoms with Crippen LogP contribution in [0.25, 0.3) is 0 Å². The van der Waals surface area contributed by atoms with Crippen LogP contribution in [0.2, 0.25) is 0 Å². The van der Waals surface area contributed by atoms with E-state index in [1.807, 2.05) is 10.9 Å². The number of carbonyl (C=O) groups excluding carboxylic acids is 2. The van der Waals surface area contributed by atoms with Crippen molar-refractivity contribution >= 4 is 12.0 Å². The van der Waals surface area contributed by atoms with E-state index in [0.717, 1.165) is 0 Å². The number of hydrogen-bond acceptors (Lipinski definition) is 4. The van der Waals surface area contributed by atoms with Crippen molar-refractivity contribution in [2.75, 3.05) is 6.61 Å². The van der Waals surface area contributed by atoms with Gasteiger partial charge in [-0.1, -0.05) is 12.1 Å². The average Bonchev–Trinajstić information content (AvgIpc) is 2.36. The standard InChI is InChI=1S/C11H12F2N2O4/c1-2-18-11(17)15-14-9(16)7-5-3-4-6-8(7)19-10(12)13/h3-6,10H,2H2,1H3,(H,14,16)(H,15,17). The molecular formula is C11H12F2N2O4. The molecule has 0 aliphatic carbocycles. The quantitative estimate of drug-likeness (QED) is 0.819. The smallest absolute Gasteiger partial charge is 0.426 e. The fourth-order valence-corrected chi connectivity index (χ4v) is 1.20. The lowest BCUT2D eigenvalue weighted by Crippen LogP contribution is -2.42. The van der Waals surface area contributed by atoms with Crippen molar-refractivity contribution in [3.8, 4) is 5.75 Å². The predicted molar refractivity (Wildman–Crippen MR) is 60.7 cm³/mol. The topological polar surface area (TPSA) is 76.7 Å². The van der Waals surface area contributed by atoms with Crippen molar-refractivity contribution in [3.05, 3.63) is 29.8 Å². The summed E-state index contributed by atoms with van der Waals surface area (Å²) in [5, 5.41) is 0. The Labute approximate surface area is 107 Å². The van der Waals surface area contributed by atoms with Gasteiger partial charge in [-0.05, 0) is 19.1 Å². The van der Waals surface area contributed by atoms with Gasteiger partial charge in [-0.15, -0.1) is 0 Å². The van der Waals surface area contributed by atoms with Crippen LogP contribution in [0.15, 0.2) is 24.3 Å². The molecule has 1 aromatic rings. The summed E-state index contributed by atoms with van der Waals surface area (Å²) in [6.07, 6.45) is -0.858. The minimum atomic E-state index is -3.05. The van der Waals surface area contributed by atoms with Gasteiger partial charge in [-0.3, -0.25) is 10.2 Å². The highest BCUT2D eigenvalue weighted by Gasteiger charge is 2.15. The molecule has 0 aliphatic heterocycles. The highest BCUT2D eigenvalue weighted by Crippen LogP contribution is 2.19. The number of carbonyl (C=O) groups is 2. The van der Waals surface area contributed by atoms with Crippen LogP contribution in [0.5, 0.6) is 5.75 Å². The van der Waals surface area contributed by atoms with Crippen LogP contribution in [0.1, 0.15) is 17.3 Å². The van der Waals surface area contributed by atoms with Gasteiger partial charge in [0.25, 0.3) is 5.91 Å². The second-order valence-electron chi connectivity index (χ2n) is 3.17. The van der Waals surface area contributed by atoms with Crippen LogP contribution in [0, 0.1) is 0 Å². The van der Waals surface area contributed by atoms with Gasteiger partial charge in [0.2, 0.25) is 0 Å². The van der Waals surface area contributed by atoms with Gasteiger partial charge in [0, 0.05) is 0 Å². The van der Waals surface area contributed by atoms with E-state index in [1.165, 1.54) is 24.3 Å². The van der Waals surface area contributed by atoms with Crippen LogP contribution < -0.4 is 15.6 Å². The lowest BCUT2D eigenvalue weighted by atomic mass is 10.2. The molecule has 19 heavy (non-hydrogen) atoms. The van der Waals surface area contributed by atoms with E-state index in [9.17, 15) is 18.4 Å². The van der Waals surface area contributed by atoms with Gasteiger partial charge < -0.3 is 9.47 Å². The number of rotatable bonds is 4. The highest BCUT2D eigenvalue weighted by atomic mass is 19.3. The molecule has 104 valence electrons. The molecule has 1 rings (SSSR count). The van der Waals surface area contributed by atoms with E-state index < -0.39 is 18.6 Å². The SMILES string of the molecule is CCOC(=O)NNC(=O)c1ccccc1OC(F)F. The van der Waals surface area contributed by atoms with E-state index in [4.69, 9.17) is 0 Å². The molecule has 0 bridgehead atoms. The molecule has 0 radical (unpaired) electrons. The molecule has 0 spiro atoms. The van der Waals surface area contributed by atoms with Crippen molar-refractivity contribution in [2.24, 2.45) is 0 Å². The van der Waals surface area contributed by atoms with Crippen molar-refractivity contribution in [1.29, 1.82) is 0 Å². The Kier molecular flexibility index (Phi) is 5.52. The van der Waals surface area contributed by atoms with Gasteiger partial charge in [0.1, 0.15) is 5.75 Å². The summed E-state index contributed by atoms with van der Waals surface area (Å²) in [7, 11) is 0. The molecular weight excluding hydrogens is 262 g/mol. The summed E-state index contributed by atoms with van der Waals surface area (Å²) in [4.78, 5) is 22.6. The van der Waals surface area contributed by atoms with Crippen LogP contribution in [0.3, 0.4) is 0 Å². The number of para-hydroxylation sites is 1. The lowest BCUT2D eigenvalue weighted by molar-refractivity contribution is -0.0501. The summed E-state index contributed by atoms with van der Waals surface area (Å²) in [6.45, 7) is -1.33. The zero-order chi connectivity index (χ0) is 14.3. The van der Waals surface area contributed by atoms with Gasteiger partial charge in [0.15, 0.2) is 0 Å². The van der Waals surface area contributed by atoms with E-state index >= 15 is 0 Å². The van der Waals surface area contributed by atoms with Crippen molar-refractivity contribution in [3.63, 3.8) is 0 Å². The number of nitrogens with one attached hydrogen (secondary N) is 2. The third kappa shape index (κ3) is 4.78. The third-order valence-corrected chi connectivity index (χ3v) is 1.90. The molecule has 0 aromatic heterocycles. The number of benzene rings is 1. The molecule has 0 aliphatic rings. The van der Waals surface area contributed by atoms with Crippen LogP contribution in [-0.2, 0) is 4.74 Å². The number of ether oxygens (including phenoxy) is 2. The molecule has 1 aromatic carbocycles. The number of alkyl halides is 2. The summed E-state index contributed by atoms with van der Waals surface area (Å²) < 4.78 is 33.0. The normalized spacial score (nSPS) is 9.89. The number of amides is 2. The minimum Gasteiger partial charge on any atom is -0.449 e. The molecule has 6 nitrogen and oxygen atoms in total. The summed E-state index contributed by atoms with van der Waals surface area (Å²) in [5.74, 6) is -1.09. The summed E-state index contributed by atoms with van der Waals surface area (Å²) in [5.41, 5.74) is 3.83. The Balaban J connectivity index is 2.68. The second kappa shape index (κ2) is 7.14. The molecule has 2 N–H and O–H groups in total. The maximum atomic E-state index is 12.1. The molecule has 0 unspecified atom stereocenters. The zero-order valence-electron chi connectivity index (χ0n) is 9.98. The monoisotopic (exact) mass is 274 g/mol. The Morgan fingerprint density at radius 2 is 1.95 bits per heavy atom. The first-order valence-corrected chi connectivity index (χ1v) is 5.31. The molecule has 0 saturated carbocycles. The molecule has 0 heterocycles. The van der Waals surface area contributed by atoms with E-state index in [1.54, 1.807) is 6.92 Å². The Bertz CT molecular complexity index is 454. The number of hydrogen-bond donors (Lipinski definition) is 2. The minimum absolute atomic E-state index is 0.132. The van der Waals surface area contributed by atoms with Crippen molar-refractivity contribution < 1.29 is 27.8 Å². The fraction of sp³-hybridized carbons (Fsp3) is 0.273. The van der Waals surface area contributed by atoms with Crippen LogP contribution in [0.4, 0.5) is 13.6 Å². The Hall–Kier alpha value is -2.38. The lowest BCUT2D eigenvalue weighted by Gasteiger charge is -2.11. The van der Waals surface area contributed by atoms with Crippen LogP contribution in [-0.4, -0.2) is 25.2 Å². The molecule has 0 saturated heterocycles. The first-order valence-electron chi connectivity index (χ1n) is 5.31. The van der Waals surface area contributed by atoms with Gasteiger partial charge in [0.05, 0.1) is 12.2 Å². The summed E-state index contributed by atoms with van der Waals surface area (Å²) in [6, 6.07) is 5.40. The first-order chi connectivity index (χ1) is 9.04. The average molecular weight is 274 g/mol. The highest BCUT2D eigenvalue weighted by molar-refractivity contribution is 5.97. The first kappa shape index (κ1) is 14.7. The molecule has 0 fully saturated rings. The van der Waals surface area contributed by atoms with Crippen molar-refractivity contribution in [2.45, 2.75) is 13.5 Å². The maximum absolute atomic E-state index is 12.1. The Morgan fingerprint density at radius 3 is 2.58 bits per heavy atom.